The number of nitrogens with zero attached hydrogens (tertiary/aromatic N) is 2. The molecule has 1 aromatic rings. The number of para-hydroxylation sites is 1. The molecule has 0 amide bonds. The Kier molecular flexibility index (Phi) is 6.65. The van der Waals surface area contributed by atoms with Gasteiger partial charge in [0.25, 0.3) is 0 Å². The molecule has 2 aliphatic rings. The van der Waals surface area contributed by atoms with Crippen molar-refractivity contribution in [2.24, 2.45) is 10.9 Å². The number of hydrogen-bond acceptors (Lipinski definition) is 2. The van der Waals surface area contributed by atoms with Crippen LogP contribution in [0.15, 0.2) is 23.2 Å². The van der Waals surface area contributed by atoms with Crippen LogP contribution >= 0.6 is 24.0 Å². The van der Waals surface area contributed by atoms with E-state index in [0.717, 1.165) is 12.4 Å². The van der Waals surface area contributed by atoms with Gasteiger partial charge in [0.2, 0.25) is 0 Å². The number of guanidine groups is 1. The lowest BCUT2D eigenvalue weighted by molar-refractivity contribution is 0.575. The summed E-state index contributed by atoms with van der Waals surface area (Å²) in [6.07, 6.45) is 2.00. The van der Waals surface area contributed by atoms with Crippen molar-refractivity contribution < 1.29 is 8.78 Å². The maximum absolute atomic E-state index is 13.9. The van der Waals surface area contributed by atoms with Crippen LogP contribution in [0, 0.1) is 17.6 Å². The molecule has 7 heteroatoms. The first-order valence-corrected chi connectivity index (χ1v) is 8.35. The molecular weight excluding hydrogens is 425 g/mol. The fourth-order valence-electron chi connectivity index (χ4n) is 3.06. The first kappa shape index (κ1) is 19.2. The summed E-state index contributed by atoms with van der Waals surface area (Å²) in [6.45, 7) is 6.11. The molecule has 4 nitrogen and oxygen atoms in total. The summed E-state index contributed by atoms with van der Waals surface area (Å²) in [4.78, 5) is 6.23. The van der Waals surface area contributed by atoms with Crippen LogP contribution in [-0.4, -0.2) is 37.7 Å². The van der Waals surface area contributed by atoms with Crippen LogP contribution in [0.3, 0.4) is 0 Å². The van der Waals surface area contributed by atoms with Crippen LogP contribution in [0.5, 0.6) is 0 Å². The number of hydrogen-bond donors (Lipinski definition) is 2. The standard InChI is InChI=1S/C17H24F2N4.HI/c1-3-20-17(22-15-9-11(15)2)21-12-7-8-23(10-12)16-13(18)5-4-6-14(16)19;/h4-6,11-12,15H,3,7-10H2,1-2H3,(H2,20,21,22);1H. The Morgan fingerprint density at radius 2 is 1.96 bits per heavy atom. The lowest BCUT2D eigenvalue weighted by Gasteiger charge is -2.21. The van der Waals surface area contributed by atoms with Gasteiger partial charge in [0.05, 0.1) is 0 Å². The van der Waals surface area contributed by atoms with Gasteiger partial charge < -0.3 is 15.5 Å². The molecule has 1 saturated carbocycles. The van der Waals surface area contributed by atoms with Crippen molar-refractivity contribution in [3.63, 3.8) is 0 Å². The Labute approximate surface area is 159 Å². The zero-order chi connectivity index (χ0) is 16.4. The van der Waals surface area contributed by atoms with Crippen LogP contribution in [0.4, 0.5) is 14.5 Å². The highest BCUT2D eigenvalue weighted by atomic mass is 127. The largest absolute Gasteiger partial charge is 0.365 e. The summed E-state index contributed by atoms with van der Waals surface area (Å²) >= 11 is 0. The van der Waals surface area contributed by atoms with E-state index in [1.54, 1.807) is 4.90 Å². The Balaban J connectivity index is 0.00000208. The van der Waals surface area contributed by atoms with Gasteiger partial charge in [-0.15, -0.1) is 24.0 Å². The van der Waals surface area contributed by atoms with Crippen LogP contribution < -0.4 is 15.5 Å². The minimum absolute atomic E-state index is 0. The predicted octanol–water partition coefficient (Wildman–Crippen LogP) is 3.13. The number of anilines is 1. The highest BCUT2D eigenvalue weighted by Crippen LogP contribution is 2.29. The summed E-state index contributed by atoms with van der Waals surface area (Å²) in [5.74, 6) is 0.491. The minimum atomic E-state index is -0.502. The molecule has 3 atom stereocenters. The topological polar surface area (TPSA) is 39.7 Å². The molecule has 134 valence electrons. The molecule has 1 saturated heterocycles. The van der Waals surface area contributed by atoms with E-state index in [-0.39, 0.29) is 35.7 Å². The van der Waals surface area contributed by atoms with Crippen LogP contribution in [-0.2, 0) is 0 Å². The van der Waals surface area contributed by atoms with Crippen molar-refractivity contribution >= 4 is 35.6 Å². The van der Waals surface area contributed by atoms with Gasteiger partial charge in [-0.25, -0.2) is 8.78 Å². The van der Waals surface area contributed by atoms with E-state index >= 15 is 0 Å². The fraction of sp³-hybridized carbons (Fsp3) is 0.588. The predicted molar refractivity (Wildman–Crippen MR) is 104 cm³/mol. The average Bonchev–Trinajstić information content (AvgIpc) is 2.99. The molecule has 0 spiro atoms. The highest BCUT2D eigenvalue weighted by molar-refractivity contribution is 14.0. The van der Waals surface area contributed by atoms with E-state index < -0.39 is 11.6 Å². The molecule has 2 N–H and O–H groups in total. The maximum Gasteiger partial charge on any atom is 0.191 e. The lowest BCUT2D eigenvalue weighted by Crippen LogP contribution is -2.45. The maximum atomic E-state index is 13.9. The second kappa shape index (κ2) is 8.31. The van der Waals surface area contributed by atoms with E-state index in [0.29, 0.717) is 31.6 Å². The van der Waals surface area contributed by atoms with Crippen molar-refractivity contribution in [1.29, 1.82) is 0 Å². The normalized spacial score (nSPS) is 26.1. The fourth-order valence-corrected chi connectivity index (χ4v) is 3.06. The van der Waals surface area contributed by atoms with E-state index in [9.17, 15) is 8.78 Å². The summed E-state index contributed by atoms with van der Waals surface area (Å²) in [6, 6.07) is 4.64. The van der Waals surface area contributed by atoms with Crippen molar-refractivity contribution in [2.75, 3.05) is 24.5 Å². The Morgan fingerprint density at radius 1 is 1.29 bits per heavy atom. The monoisotopic (exact) mass is 450 g/mol. The molecule has 3 rings (SSSR count). The van der Waals surface area contributed by atoms with Gasteiger partial charge in [-0.3, -0.25) is 4.99 Å². The number of halogens is 3. The summed E-state index contributed by atoms with van der Waals surface area (Å²) < 4.78 is 27.8. The second-order valence-corrected chi connectivity index (χ2v) is 6.43. The number of nitrogens with one attached hydrogen (secondary N) is 2. The van der Waals surface area contributed by atoms with Gasteiger partial charge in [0, 0.05) is 31.7 Å². The number of rotatable bonds is 4. The van der Waals surface area contributed by atoms with Gasteiger partial charge in [-0.1, -0.05) is 13.0 Å². The molecule has 0 aromatic heterocycles. The summed E-state index contributed by atoms with van der Waals surface area (Å²) in [7, 11) is 0. The Bertz CT molecular complexity index is 576. The van der Waals surface area contributed by atoms with Gasteiger partial charge in [-0.05, 0) is 37.8 Å². The molecule has 2 fully saturated rings. The molecule has 24 heavy (non-hydrogen) atoms. The zero-order valence-corrected chi connectivity index (χ0v) is 16.4. The van der Waals surface area contributed by atoms with Gasteiger partial charge in [0.15, 0.2) is 5.96 Å². The average molecular weight is 450 g/mol. The SMILES string of the molecule is CCN=C(NC1CCN(c2c(F)cccc2F)C1)NC1CC1C.I. The van der Waals surface area contributed by atoms with Crippen molar-refractivity contribution in [1.82, 2.24) is 10.6 Å². The van der Waals surface area contributed by atoms with E-state index in [1.807, 2.05) is 6.92 Å². The van der Waals surface area contributed by atoms with Gasteiger partial charge in [0.1, 0.15) is 17.3 Å². The number of aliphatic imine (C=N–C) groups is 1. The quantitative estimate of drug-likeness (QED) is 0.421. The molecule has 0 bridgehead atoms. The molecule has 3 unspecified atom stereocenters. The van der Waals surface area contributed by atoms with Crippen molar-refractivity contribution in [2.45, 2.75) is 38.8 Å². The van der Waals surface area contributed by atoms with E-state index in [1.165, 1.54) is 24.6 Å². The smallest absolute Gasteiger partial charge is 0.191 e. The first-order valence-electron chi connectivity index (χ1n) is 8.35. The van der Waals surface area contributed by atoms with E-state index in [4.69, 9.17) is 0 Å². The molecule has 0 radical (unpaired) electrons. The third-order valence-corrected chi connectivity index (χ3v) is 4.53. The first-order chi connectivity index (χ1) is 11.1. The minimum Gasteiger partial charge on any atom is -0.365 e. The zero-order valence-electron chi connectivity index (χ0n) is 14.1. The van der Waals surface area contributed by atoms with Crippen molar-refractivity contribution in [3.8, 4) is 0 Å². The third kappa shape index (κ3) is 4.49. The van der Waals surface area contributed by atoms with Gasteiger partial charge in [-0.2, -0.15) is 0 Å². The molecule has 1 aliphatic carbocycles. The van der Waals surface area contributed by atoms with Crippen LogP contribution in [0.1, 0.15) is 26.7 Å². The van der Waals surface area contributed by atoms with E-state index in [2.05, 4.69) is 22.5 Å². The highest BCUT2D eigenvalue weighted by Gasteiger charge is 2.34. The Morgan fingerprint density at radius 3 is 2.54 bits per heavy atom. The van der Waals surface area contributed by atoms with Crippen molar-refractivity contribution in [3.05, 3.63) is 29.8 Å². The summed E-state index contributed by atoms with van der Waals surface area (Å²) in [5.41, 5.74) is 0.0783. The van der Waals surface area contributed by atoms with Crippen LogP contribution in [0.25, 0.3) is 0 Å². The molecule has 1 heterocycles. The lowest BCUT2D eigenvalue weighted by atomic mass is 10.2. The molecule has 1 aromatic carbocycles. The summed E-state index contributed by atoms with van der Waals surface area (Å²) in [5, 5.41) is 6.82. The molecule has 1 aliphatic heterocycles. The number of benzene rings is 1. The third-order valence-electron chi connectivity index (χ3n) is 4.53. The van der Waals surface area contributed by atoms with Gasteiger partial charge >= 0.3 is 0 Å². The second-order valence-electron chi connectivity index (χ2n) is 6.43. The molecular formula is C17H25F2IN4. The van der Waals surface area contributed by atoms with Crippen LogP contribution in [0.2, 0.25) is 0 Å². The Hall–Kier alpha value is -1.12.